The number of nitrogens with zero attached hydrogens (tertiary/aromatic N) is 1. The molecular weight excluding hydrogens is 266 g/mol. The Bertz CT molecular complexity index is 626. The summed E-state index contributed by atoms with van der Waals surface area (Å²) >= 11 is 0. The maximum absolute atomic E-state index is 8.71. The third-order valence-electron chi connectivity index (χ3n) is 3.00. The molecule has 0 saturated carbocycles. The van der Waals surface area contributed by atoms with Crippen molar-refractivity contribution in [3.63, 3.8) is 0 Å². The quantitative estimate of drug-likeness (QED) is 0.330. The van der Waals surface area contributed by atoms with Crippen molar-refractivity contribution >= 4 is 11.5 Å². The molecule has 21 heavy (non-hydrogen) atoms. The Morgan fingerprint density at radius 1 is 1.24 bits per heavy atom. The fourth-order valence-electron chi connectivity index (χ4n) is 1.99. The van der Waals surface area contributed by atoms with Crippen molar-refractivity contribution in [2.75, 3.05) is 11.9 Å². The molecule has 5 heteroatoms. The highest BCUT2D eigenvalue weighted by molar-refractivity contribution is 5.97. The van der Waals surface area contributed by atoms with E-state index in [4.69, 9.17) is 15.7 Å². The van der Waals surface area contributed by atoms with Crippen molar-refractivity contribution in [2.24, 2.45) is 10.9 Å². The van der Waals surface area contributed by atoms with E-state index in [0.717, 1.165) is 17.0 Å². The summed E-state index contributed by atoms with van der Waals surface area (Å²) in [5.74, 6) is 0.930. The predicted molar refractivity (Wildman–Crippen MR) is 83.9 cm³/mol. The van der Waals surface area contributed by atoms with Gasteiger partial charge in [0.1, 0.15) is 5.75 Å². The van der Waals surface area contributed by atoms with Crippen LogP contribution in [0.2, 0.25) is 0 Å². The number of amidine groups is 1. The summed E-state index contributed by atoms with van der Waals surface area (Å²) in [6.07, 6.45) is 0. The Morgan fingerprint density at radius 3 is 2.81 bits per heavy atom. The molecule has 0 bridgehead atoms. The highest BCUT2D eigenvalue weighted by Gasteiger charge is 2.03. The second kappa shape index (κ2) is 7.19. The molecule has 0 aliphatic carbocycles. The number of oxime groups is 1. The number of hydrogen-bond acceptors (Lipinski definition) is 4. The number of rotatable bonds is 6. The van der Waals surface area contributed by atoms with Crippen LogP contribution in [0.4, 0.5) is 5.69 Å². The van der Waals surface area contributed by atoms with Crippen LogP contribution in [0, 0.1) is 0 Å². The number of benzene rings is 2. The van der Waals surface area contributed by atoms with Gasteiger partial charge in [-0.05, 0) is 30.7 Å². The summed E-state index contributed by atoms with van der Waals surface area (Å²) < 4.78 is 5.57. The van der Waals surface area contributed by atoms with Crippen LogP contribution in [-0.4, -0.2) is 17.6 Å². The number of para-hydroxylation sites is 2. The minimum atomic E-state index is 0.103. The lowest BCUT2D eigenvalue weighted by molar-refractivity contribution is 0.318. The van der Waals surface area contributed by atoms with E-state index in [0.29, 0.717) is 18.7 Å². The van der Waals surface area contributed by atoms with Crippen LogP contribution in [0.15, 0.2) is 53.7 Å². The Labute approximate surface area is 124 Å². The standard InChI is InChI=1S/C16H19N3O2/c1-2-21-15-9-4-3-8-14(15)18-11-12-6-5-7-13(10-12)16(17)19-20/h3-10,18,20H,2,11H2,1H3,(H2,17,19). The number of ether oxygens (including phenoxy) is 1. The van der Waals surface area contributed by atoms with E-state index in [-0.39, 0.29) is 5.84 Å². The lowest BCUT2D eigenvalue weighted by Gasteiger charge is -2.12. The third-order valence-corrected chi connectivity index (χ3v) is 3.00. The molecule has 0 atom stereocenters. The minimum absolute atomic E-state index is 0.103. The molecule has 0 heterocycles. The molecule has 0 fully saturated rings. The SMILES string of the molecule is CCOc1ccccc1NCc1cccc(C(N)=NO)c1. The van der Waals surface area contributed by atoms with Crippen molar-refractivity contribution in [1.82, 2.24) is 0 Å². The maximum Gasteiger partial charge on any atom is 0.170 e. The first-order valence-corrected chi connectivity index (χ1v) is 6.77. The zero-order valence-electron chi connectivity index (χ0n) is 11.9. The van der Waals surface area contributed by atoms with Gasteiger partial charge in [-0.2, -0.15) is 0 Å². The van der Waals surface area contributed by atoms with Gasteiger partial charge >= 0.3 is 0 Å². The largest absolute Gasteiger partial charge is 0.492 e. The molecule has 110 valence electrons. The molecule has 0 aromatic heterocycles. The average molecular weight is 285 g/mol. The van der Waals surface area contributed by atoms with Crippen LogP contribution in [-0.2, 0) is 6.54 Å². The average Bonchev–Trinajstić information content (AvgIpc) is 2.54. The molecule has 0 radical (unpaired) electrons. The van der Waals surface area contributed by atoms with Crippen molar-refractivity contribution < 1.29 is 9.94 Å². The molecule has 0 amide bonds. The molecule has 0 aliphatic heterocycles. The van der Waals surface area contributed by atoms with Gasteiger partial charge in [-0.15, -0.1) is 0 Å². The van der Waals surface area contributed by atoms with Gasteiger partial charge in [0.15, 0.2) is 5.84 Å². The molecule has 4 N–H and O–H groups in total. The van der Waals surface area contributed by atoms with E-state index in [9.17, 15) is 0 Å². The van der Waals surface area contributed by atoms with Gasteiger partial charge in [-0.25, -0.2) is 0 Å². The lowest BCUT2D eigenvalue weighted by Crippen LogP contribution is -2.13. The molecule has 2 aromatic rings. The van der Waals surface area contributed by atoms with Crippen LogP contribution in [0.3, 0.4) is 0 Å². The van der Waals surface area contributed by atoms with Crippen LogP contribution in [0.1, 0.15) is 18.1 Å². The van der Waals surface area contributed by atoms with Gasteiger partial charge in [0.25, 0.3) is 0 Å². The Hall–Kier alpha value is -2.69. The van der Waals surface area contributed by atoms with Gasteiger partial charge in [0.05, 0.1) is 12.3 Å². The van der Waals surface area contributed by atoms with Gasteiger partial charge < -0.3 is 21.0 Å². The van der Waals surface area contributed by atoms with Crippen molar-refractivity contribution in [1.29, 1.82) is 0 Å². The molecule has 2 rings (SSSR count). The summed E-state index contributed by atoms with van der Waals surface area (Å²) in [6, 6.07) is 15.3. The first-order chi connectivity index (χ1) is 10.2. The molecule has 5 nitrogen and oxygen atoms in total. The third kappa shape index (κ3) is 3.89. The van der Waals surface area contributed by atoms with E-state index >= 15 is 0 Å². The van der Waals surface area contributed by atoms with Crippen LogP contribution < -0.4 is 15.8 Å². The predicted octanol–water partition coefficient (Wildman–Crippen LogP) is 2.79. The van der Waals surface area contributed by atoms with E-state index in [1.54, 1.807) is 6.07 Å². The highest BCUT2D eigenvalue weighted by atomic mass is 16.5. The van der Waals surface area contributed by atoms with E-state index < -0.39 is 0 Å². The zero-order chi connectivity index (χ0) is 15.1. The Kier molecular flexibility index (Phi) is 5.04. The number of nitrogens with one attached hydrogen (secondary N) is 1. The topological polar surface area (TPSA) is 79.9 Å². The van der Waals surface area contributed by atoms with Gasteiger partial charge in [0.2, 0.25) is 0 Å². The molecule has 0 spiro atoms. The second-order valence-corrected chi connectivity index (χ2v) is 4.47. The normalized spacial score (nSPS) is 11.2. The van der Waals surface area contributed by atoms with Crippen molar-refractivity contribution in [2.45, 2.75) is 13.5 Å². The second-order valence-electron chi connectivity index (χ2n) is 4.47. The fourth-order valence-corrected chi connectivity index (χ4v) is 1.99. The Morgan fingerprint density at radius 2 is 2.05 bits per heavy atom. The number of hydrogen-bond donors (Lipinski definition) is 3. The lowest BCUT2D eigenvalue weighted by atomic mass is 10.1. The van der Waals surface area contributed by atoms with E-state index in [1.165, 1.54) is 0 Å². The fraction of sp³-hybridized carbons (Fsp3) is 0.188. The maximum atomic E-state index is 8.71. The van der Waals surface area contributed by atoms with E-state index in [2.05, 4.69) is 10.5 Å². The number of anilines is 1. The first-order valence-electron chi connectivity index (χ1n) is 6.77. The van der Waals surface area contributed by atoms with Gasteiger partial charge in [-0.3, -0.25) is 0 Å². The minimum Gasteiger partial charge on any atom is -0.492 e. The number of nitrogens with two attached hydrogens (primary N) is 1. The zero-order valence-corrected chi connectivity index (χ0v) is 11.9. The summed E-state index contributed by atoms with van der Waals surface area (Å²) in [5, 5.41) is 15.1. The van der Waals surface area contributed by atoms with E-state index in [1.807, 2.05) is 49.4 Å². The van der Waals surface area contributed by atoms with Crippen molar-refractivity contribution in [3.05, 3.63) is 59.7 Å². The summed E-state index contributed by atoms with van der Waals surface area (Å²) in [7, 11) is 0. The summed E-state index contributed by atoms with van der Waals surface area (Å²) in [6.45, 7) is 3.20. The van der Waals surface area contributed by atoms with Crippen LogP contribution in [0.25, 0.3) is 0 Å². The Balaban J connectivity index is 2.10. The molecule has 0 aliphatic rings. The highest BCUT2D eigenvalue weighted by Crippen LogP contribution is 2.24. The molecule has 0 unspecified atom stereocenters. The summed E-state index contributed by atoms with van der Waals surface area (Å²) in [4.78, 5) is 0. The first kappa shape index (κ1) is 14.7. The van der Waals surface area contributed by atoms with Crippen LogP contribution in [0.5, 0.6) is 5.75 Å². The van der Waals surface area contributed by atoms with Gasteiger partial charge in [-0.1, -0.05) is 35.5 Å². The monoisotopic (exact) mass is 285 g/mol. The molecular formula is C16H19N3O2. The molecule has 0 saturated heterocycles. The van der Waals surface area contributed by atoms with Crippen molar-refractivity contribution in [3.8, 4) is 5.75 Å². The molecule has 2 aromatic carbocycles. The van der Waals surface area contributed by atoms with Crippen LogP contribution >= 0.6 is 0 Å². The van der Waals surface area contributed by atoms with Gasteiger partial charge in [0, 0.05) is 12.1 Å². The smallest absolute Gasteiger partial charge is 0.170 e. The summed E-state index contributed by atoms with van der Waals surface area (Å²) in [5.41, 5.74) is 8.25.